The van der Waals surface area contributed by atoms with Crippen LogP contribution >= 0.6 is 27.5 Å². The lowest BCUT2D eigenvalue weighted by molar-refractivity contribution is -0.137. The van der Waals surface area contributed by atoms with Gasteiger partial charge in [0.25, 0.3) is 5.91 Å². The van der Waals surface area contributed by atoms with E-state index in [1.54, 1.807) is 23.1 Å². The van der Waals surface area contributed by atoms with Crippen LogP contribution in [0.15, 0.2) is 22.7 Å². The normalized spacial score (nSPS) is 15.5. The lowest BCUT2D eigenvalue weighted by Crippen LogP contribution is -2.45. The number of carbonyl (C=O) groups is 2. The molecule has 0 aromatic heterocycles. The fourth-order valence-electron chi connectivity index (χ4n) is 2.33. The van der Waals surface area contributed by atoms with Crippen LogP contribution in [0.5, 0.6) is 5.75 Å². The second kappa shape index (κ2) is 7.80. The second-order valence-electron chi connectivity index (χ2n) is 5.03. The number of piperidine rings is 1. The first-order valence-corrected chi connectivity index (χ1v) is 8.04. The molecule has 8 heteroatoms. The van der Waals surface area contributed by atoms with Gasteiger partial charge in [-0.2, -0.15) is 0 Å². The maximum absolute atomic E-state index is 12.1. The molecule has 2 amide bonds. The molecule has 1 aromatic rings. The summed E-state index contributed by atoms with van der Waals surface area (Å²) in [6.07, 6.45) is 1.22. The summed E-state index contributed by atoms with van der Waals surface area (Å²) in [5.74, 6) is 5.28. The Bertz CT molecular complexity index is 562. The van der Waals surface area contributed by atoms with Crippen molar-refractivity contribution in [1.29, 1.82) is 0 Å². The Labute approximate surface area is 142 Å². The first-order chi connectivity index (χ1) is 10.5. The van der Waals surface area contributed by atoms with Crippen molar-refractivity contribution in [3.8, 4) is 5.75 Å². The molecule has 1 aliphatic heterocycles. The minimum atomic E-state index is -0.173. The SMILES string of the molecule is NNC(=O)C1CCN(C(=O)COc2ccc(Cl)cc2Br)CC1. The van der Waals surface area contributed by atoms with Crippen LogP contribution in [0, 0.1) is 5.92 Å². The Morgan fingerprint density at radius 1 is 1.41 bits per heavy atom. The number of amides is 2. The number of benzene rings is 1. The topological polar surface area (TPSA) is 84.7 Å². The highest BCUT2D eigenvalue weighted by Gasteiger charge is 2.27. The highest BCUT2D eigenvalue weighted by molar-refractivity contribution is 9.10. The number of hydrogen-bond donors (Lipinski definition) is 2. The fraction of sp³-hybridized carbons (Fsp3) is 0.429. The van der Waals surface area contributed by atoms with Gasteiger partial charge >= 0.3 is 0 Å². The van der Waals surface area contributed by atoms with Gasteiger partial charge in [-0.25, -0.2) is 5.84 Å². The maximum atomic E-state index is 12.1. The summed E-state index contributed by atoms with van der Waals surface area (Å²) in [6, 6.07) is 5.11. The standard InChI is InChI=1S/C14H17BrClN3O3/c15-11-7-10(16)1-2-12(11)22-8-13(20)19-5-3-9(4-6-19)14(21)18-17/h1-2,7,9H,3-6,8,17H2,(H,18,21). The molecule has 1 aromatic carbocycles. The van der Waals surface area contributed by atoms with Crippen molar-refractivity contribution >= 4 is 39.3 Å². The molecule has 22 heavy (non-hydrogen) atoms. The number of halogens is 2. The van der Waals surface area contributed by atoms with Crippen molar-refractivity contribution in [2.75, 3.05) is 19.7 Å². The number of rotatable bonds is 4. The summed E-state index contributed by atoms with van der Waals surface area (Å²) in [6.45, 7) is 1.01. The van der Waals surface area contributed by atoms with Gasteiger partial charge < -0.3 is 9.64 Å². The van der Waals surface area contributed by atoms with Crippen molar-refractivity contribution < 1.29 is 14.3 Å². The minimum Gasteiger partial charge on any atom is -0.483 e. The zero-order chi connectivity index (χ0) is 16.1. The van der Waals surface area contributed by atoms with Crippen LogP contribution in [0.1, 0.15) is 12.8 Å². The van der Waals surface area contributed by atoms with Crippen molar-refractivity contribution in [3.05, 3.63) is 27.7 Å². The maximum Gasteiger partial charge on any atom is 0.260 e. The third kappa shape index (κ3) is 4.34. The van der Waals surface area contributed by atoms with Crippen molar-refractivity contribution in [3.63, 3.8) is 0 Å². The van der Waals surface area contributed by atoms with Gasteiger partial charge in [0.2, 0.25) is 5.91 Å². The van der Waals surface area contributed by atoms with E-state index in [9.17, 15) is 9.59 Å². The summed E-state index contributed by atoms with van der Waals surface area (Å²) in [5.41, 5.74) is 2.15. The van der Waals surface area contributed by atoms with Crippen LogP contribution in [-0.2, 0) is 9.59 Å². The Hall–Kier alpha value is -1.31. The Morgan fingerprint density at radius 2 is 2.09 bits per heavy atom. The molecule has 6 nitrogen and oxygen atoms in total. The van der Waals surface area contributed by atoms with Gasteiger partial charge in [-0.05, 0) is 47.0 Å². The third-order valence-electron chi connectivity index (χ3n) is 3.61. The molecule has 1 heterocycles. The van der Waals surface area contributed by atoms with E-state index in [0.717, 1.165) is 0 Å². The van der Waals surface area contributed by atoms with E-state index in [4.69, 9.17) is 22.2 Å². The van der Waals surface area contributed by atoms with Gasteiger partial charge in [-0.1, -0.05) is 11.6 Å². The summed E-state index contributed by atoms with van der Waals surface area (Å²) in [5, 5.41) is 0.589. The quantitative estimate of drug-likeness (QED) is 0.466. The van der Waals surface area contributed by atoms with Gasteiger partial charge in [-0.15, -0.1) is 0 Å². The molecule has 2 rings (SSSR count). The summed E-state index contributed by atoms with van der Waals surface area (Å²) >= 11 is 9.18. The molecule has 120 valence electrons. The molecule has 1 aliphatic rings. The average Bonchev–Trinajstić information content (AvgIpc) is 2.53. The van der Waals surface area contributed by atoms with Gasteiger partial charge in [0.15, 0.2) is 6.61 Å². The molecule has 0 unspecified atom stereocenters. The highest BCUT2D eigenvalue weighted by atomic mass is 79.9. The molecular weight excluding hydrogens is 374 g/mol. The Balaban J connectivity index is 1.82. The largest absolute Gasteiger partial charge is 0.483 e. The molecule has 1 saturated heterocycles. The summed E-state index contributed by atoms with van der Waals surface area (Å²) in [4.78, 5) is 25.3. The smallest absolute Gasteiger partial charge is 0.260 e. The highest BCUT2D eigenvalue weighted by Crippen LogP contribution is 2.28. The number of hydrogen-bond acceptors (Lipinski definition) is 4. The van der Waals surface area contributed by atoms with E-state index in [-0.39, 0.29) is 24.3 Å². The van der Waals surface area contributed by atoms with Gasteiger partial charge in [-0.3, -0.25) is 15.0 Å². The van der Waals surface area contributed by atoms with Crippen LogP contribution in [0.3, 0.4) is 0 Å². The fourth-order valence-corrected chi connectivity index (χ4v) is 3.13. The van der Waals surface area contributed by atoms with E-state index < -0.39 is 0 Å². The molecule has 3 N–H and O–H groups in total. The van der Waals surface area contributed by atoms with E-state index in [1.165, 1.54) is 0 Å². The molecule has 0 radical (unpaired) electrons. The summed E-state index contributed by atoms with van der Waals surface area (Å²) < 4.78 is 6.21. The predicted molar refractivity (Wildman–Crippen MR) is 86.3 cm³/mol. The van der Waals surface area contributed by atoms with Crippen molar-refractivity contribution in [2.45, 2.75) is 12.8 Å². The van der Waals surface area contributed by atoms with Gasteiger partial charge in [0.05, 0.1) is 4.47 Å². The van der Waals surface area contributed by atoms with Gasteiger partial charge in [0.1, 0.15) is 5.75 Å². The third-order valence-corrected chi connectivity index (χ3v) is 4.46. The lowest BCUT2D eigenvalue weighted by Gasteiger charge is -2.31. The summed E-state index contributed by atoms with van der Waals surface area (Å²) in [7, 11) is 0. The van der Waals surface area contributed by atoms with Crippen LogP contribution in [-0.4, -0.2) is 36.4 Å². The number of likely N-dealkylation sites (tertiary alicyclic amines) is 1. The average molecular weight is 391 g/mol. The van der Waals surface area contributed by atoms with E-state index in [1.807, 2.05) is 0 Å². The molecule has 0 atom stereocenters. The number of carbonyl (C=O) groups excluding carboxylic acids is 2. The number of hydrazine groups is 1. The zero-order valence-electron chi connectivity index (χ0n) is 11.9. The van der Waals surface area contributed by atoms with Crippen LogP contribution in [0.25, 0.3) is 0 Å². The minimum absolute atomic E-state index is 0.0476. The molecule has 1 fully saturated rings. The Kier molecular flexibility index (Phi) is 6.05. The molecule has 0 bridgehead atoms. The number of nitrogens with one attached hydrogen (secondary N) is 1. The van der Waals surface area contributed by atoms with E-state index in [0.29, 0.717) is 41.2 Å². The van der Waals surface area contributed by atoms with Gasteiger partial charge in [0, 0.05) is 24.0 Å². The number of ether oxygens (including phenoxy) is 1. The van der Waals surface area contributed by atoms with E-state index in [2.05, 4.69) is 21.4 Å². The zero-order valence-corrected chi connectivity index (χ0v) is 14.2. The molecule has 0 saturated carbocycles. The number of nitrogens with two attached hydrogens (primary N) is 1. The Morgan fingerprint density at radius 3 is 2.68 bits per heavy atom. The molecule has 0 aliphatic carbocycles. The number of nitrogens with zero attached hydrogens (tertiary/aromatic N) is 1. The monoisotopic (exact) mass is 389 g/mol. The van der Waals surface area contributed by atoms with Crippen LogP contribution in [0.2, 0.25) is 5.02 Å². The van der Waals surface area contributed by atoms with Crippen LogP contribution in [0.4, 0.5) is 0 Å². The van der Waals surface area contributed by atoms with E-state index >= 15 is 0 Å². The van der Waals surface area contributed by atoms with Crippen molar-refractivity contribution in [2.24, 2.45) is 11.8 Å². The molecule has 0 spiro atoms. The van der Waals surface area contributed by atoms with Crippen molar-refractivity contribution in [1.82, 2.24) is 10.3 Å². The lowest BCUT2D eigenvalue weighted by atomic mass is 9.96. The predicted octanol–water partition coefficient (Wildman–Crippen LogP) is 1.71. The first-order valence-electron chi connectivity index (χ1n) is 6.87. The molecular formula is C14H17BrClN3O3. The van der Waals surface area contributed by atoms with Crippen LogP contribution < -0.4 is 16.0 Å². The second-order valence-corrected chi connectivity index (χ2v) is 6.32. The first kappa shape index (κ1) is 17.1.